The fraction of sp³-hybridized carbons (Fsp3) is 0. The van der Waals surface area contributed by atoms with Gasteiger partial charge in [-0.25, -0.2) is 4.79 Å². The average Bonchev–Trinajstić information content (AvgIpc) is 2.83. The number of nitrogens with one attached hydrogen (secondary N) is 2. The van der Waals surface area contributed by atoms with Crippen LogP contribution in [-0.4, -0.2) is 29.7 Å². The number of sulfonamides is 1. The Morgan fingerprint density at radius 1 is 1.45 bits per heavy atom. The summed E-state index contributed by atoms with van der Waals surface area (Å²) in [7, 11) is -4.09. The van der Waals surface area contributed by atoms with Crippen LogP contribution >= 0.6 is 27.5 Å². The summed E-state index contributed by atoms with van der Waals surface area (Å²) in [4.78, 5) is 10.9. The number of hydrogen-bond donors (Lipinski definition) is 3. The van der Waals surface area contributed by atoms with E-state index in [9.17, 15) is 13.2 Å². The zero-order valence-electron chi connectivity index (χ0n) is 9.59. The van der Waals surface area contributed by atoms with E-state index < -0.39 is 26.6 Å². The van der Waals surface area contributed by atoms with E-state index in [1.807, 2.05) is 0 Å². The van der Waals surface area contributed by atoms with Gasteiger partial charge in [0.05, 0.1) is 16.9 Å². The molecule has 0 aliphatic rings. The Morgan fingerprint density at radius 3 is 2.75 bits per heavy atom. The van der Waals surface area contributed by atoms with Gasteiger partial charge in [0.15, 0.2) is 5.03 Å². The van der Waals surface area contributed by atoms with Gasteiger partial charge in [-0.3, -0.25) is 9.82 Å². The number of carboxylic acid groups (broad SMARTS) is 1. The molecular formula is C10H7BrClN3O4S. The number of carboxylic acids is 1. The third-order valence-corrected chi connectivity index (χ3v) is 4.84. The molecule has 7 nitrogen and oxygen atoms in total. The Labute approximate surface area is 127 Å². The molecule has 3 N–H and O–H groups in total. The molecule has 0 radical (unpaired) electrons. The molecule has 0 fully saturated rings. The second kappa shape index (κ2) is 5.43. The highest BCUT2D eigenvalue weighted by atomic mass is 79.9. The molecular weight excluding hydrogens is 374 g/mol. The van der Waals surface area contributed by atoms with Gasteiger partial charge in [-0.1, -0.05) is 11.6 Å². The summed E-state index contributed by atoms with van der Waals surface area (Å²) in [5, 5.41) is 14.4. The van der Waals surface area contributed by atoms with Crippen molar-refractivity contribution in [3.63, 3.8) is 0 Å². The van der Waals surface area contributed by atoms with Crippen LogP contribution in [0.3, 0.4) is 0 Å². The van der Waals surface area contributed by atoms with Crippen LogP contribution < -0.4 is 4.72 Å². The van der Waals surface area contributed by atoms with Gasteiger partial charge in [0.2, 0.25) is 0 Å². The lowest BCUT2D eigenvalue weighted by atomic mass is 10.3. The molecule has 106 valence electrons. The van der Waals surface area contributed by atoms with Gasteiger partial charge in [-0.05, 0) is 34.1 Å². The number of aromatic carboxylic acids is 1. The van der Waals surface area contributed by atoms with Crippen LogP contribution in [0.15, 0.2) is 33.9 Å². The highest BCUT2D eigenvalue weighted by Gasteiger charge is 2.25. The Bertz CT molecular complexity index is 775. The second-order valence-electron chi connectivity index (χ2n) is 3.65. The molecule has 0 aliphatic heterocycles. The fourth-order valence-corrected chi connectivity index (χ4v) is 3.04. The molecule has 0 unspecified atom stereocenters. The van der Waals surface area contributed by atoms with E-state index >= 15 is 0 Å². The van der Waals surface area contributed by atoms with Crippen molar-refractivity contribution in [3.8, 4) is 0 Å². The van der Waals surface area contributed by atoms with Crippen molar-refractivity contribution in [1.29, 1.82) is 0 Å². The van der Waals surface area contributed by atoms with E-state index in [1.54, 1.807) is 0 Å². The van der Waals surface area contributed by atoms with Crippen LogP contribution in [0.25, 0.3) is 0 Å². The van der Waals surface area contributed by atoms with Crippen LogP contribution in [0.5, 0.6) is 0 Å². The number of rotatable bonds is 4. The number of H-pyrrole nitrogens is 1. The molecule has 10 heteroatoms. The van der Waals surface area contributed by atoms with E-state index in [0.717, 1.165) is 6.20 Å². The first-order valence-electron chi connectivity index (χ1n) is 5.06. The molecule has 0 spiro atoms. The summed E-state index contributed by atoms with van der Waals surface area (Å²) in [6.07, 6.45) is 0.925. The van der Waals surface area contributed by atoms with Crippen molar-refractivity contribution in [3.05, 3.63) is 39.5 Å². The minimum Gasteiger partial charge on any atom is -0.478 e. The lowest BCUT2D eigenvalue weighted by Gasteiger charge is -2.08. The van der Waals surface area contributed by atoms with Crippen molar-refractivity contribution < 1.29 is 18.3 Å². The van der Waals surface area contributed by atoms with Crippen molar-refractivity contribution in [2.45, 2.75) is 5.03 Å². The summed E-state index contributed by atoms with van der Waals surface area (Å²) in [5.41, 5.74) is -0.210. The van der Waals surface area contributed by atoms with Crippen molar-refractivity contribution in [1.82, 2.24) is 10.2 Å². The maximum Gasteiger partial charge on any atom is 0.340 e. The summed E-state index contributed by atoms with van der Waals surface area (Å²) < 4.78 is 26.9. The molecule has 1 heterocycles. The summed E-state index contributed by atoms with van der Waals surface area (Å²) in [5.74, 6) is -1.39. The fourth-order valence-electron chi connectivity index (χ4n) is 1.40. The first kappa shape index (κ1) is 14.8. The van der Waals surface area contributed by atoms with Crippen LogP contribution in [0, 0.1) is 0 Å². The molecule has 0 saturated carbocycles. The normalized spacial score (nSPS) is 11.3. The molecule has 1 aromatic carbocycles. The minimum atomic E-state index is -4.09. The van der Waals surface area contributed by atoms with Gasteiger partial charge in [-0.2, -0.15) is 13.5 Å². The standard InChI is InChI=1S/C10H7BrClN3O4S/c11-7-3-5(1-2-8(7)12)15-20(18,19)9-6(10(16)17)4-13-14-9/h1-4,15H,(H,13,14)(H,16,17). The Hall–Kier alpha value is -1.58. The summed E-state index contributed by atoms with van der Waals surface area (Å²) >= 11 is 8.96. The Morgan fingerprint density at radius 2 is 2.15 bits per heavy atom. The zero-order chi connectivity index (χ0) is 14.9. The first-order valence-corrected chi connectivity index (χ1v) is 7.71. The van der Waals surface area contributed by atoms with Gasteiger partial charge >= 0.3 is 5.97 Å². The third-order valence-electron chi connectivity index (χ3n) is 2.28. The molecule has 1 aromatic heterocycles. The first-order chi connectivity index (χ1) is 9.31. The lowest BCUT2D eigenvalue weighted by molar-refractivity contribution is 0.0692. The number of aromatic nitrogens is 2. The maximum absolute atomic E-state index is 12.1. The highest BCUT2D eigenvalue weighted by molar-refractivity contribution is 9.10. The van der Waals surface area contributed by atoms with Crippen molar-refractivity contribution in [2.75, 3.05) is 4.72 Å². The topological polar surface area (TPSA) is 112 Å². The molecule has 20 heavy (non-hydrogen) atoms. The van der Waals surface area contributed by atoms with Gasteiger partial charge in [0, 0.05) is 4.47 Å². The minimum absolute atomic E-state index is 0.229. The van der Waals surface area contributed by atoms with E-state index in [2.05, 4.69) is 30.8 Å². The number of anilines is 1. The van der Waals surface area contributed by atoms with E-state index in [-0.39, 0.29) is 5.69 Å². The monoisotopic (exact) mass is 379 g/mol. The van der Waals surface area contributed by atoms with Gasteiger partial charge < -0.3 is 5.11 Å². The third kappa shape index (κ3) is 2.94. The number of benzene rings is 1. The average molecular weight is 381 g/mol. The summed E-state index contributed by atoms with van der Waals surface area (Å²) in [6, 6.07) is 4.40. The predicted molar refractivity (Wildman–Crippen MR) is 75.5 cm³/mol. The summed E-state index contributed by atoms with van der Waals surface area (Å²) in [6.45, 7) is 0. The van der Waals surface area contributed by atoms with Crippen LogP contribution in [0.4, 0.5) is 5.69 Å². The van der Waals surface area contributed by atoms with E-state index in [1.165, 1.54) is 18.2 Å². The van der Waals surface area contributed by atoms with Gasteiger partial charge in [0.1, 0.15) is 5.56 Å². The number of nitrogens with zero attached hydrogens (tertiary/aromatic N) is 1. The zero-order valence-corrected chi connectivity index (χ0v) is 12.8. The molecule has 2 aromatic rings. The van der Waals surface area contributed by atoms with Crippen LogP contribution in [-0.2, 0) is 10.0 Å². The van der Waals surface area contributed by atoms with Crippen LogP contribution in [0.1, 0.15) is 10.4 Å². The molecule has 0 amide bonds. The molecule has 2 rings (SSSR count). The lowest BCUT2D eigenvalue weighted by Crippen LogP contribution is -2.16. The van der Waals surface area contributed by atoms with Crippen molar-refractivity contribution in [2.24, 2.45) is 0 Å². The van der Waals surface area contributed by atoms with Crippen molar-refractivity contribution >= 4 is 49.2 Å². The smallest absolute Gasteiger partial charge is 0.340 e. The van der Waals surface area contributed by atoms with E-state index in [4.69, 9.17) is 16.7 Å². The second-order valence-corrected chi connectivity index (χ2v) is 6.53. The number of halogens is 2. The largest absolute Gasteiger partial charge is 0.478 e. The molecule has 0 atom stereocenters. The number of aromatic amines is 1. The predicted octanol–water partition coefficient (Wildman–Crippen LogP) is 2.32. The van der Waals surface area contributed by atoms with Gasteiger partial charge in [-0.15, -0.1) is 0 Å². The molecule has 0 saturated heterocycles. The highest BCUT2D eigenvalue weighted by Crippen LogP contribution is 2.27. The quantitative estimate of drug-likeness (QED) is 0.753. The Balaban J connectivity index is 2.38. The van der Waals surface area contributed by atoms with E-state index in [0.29, 0.717) is 9.50 Å². The SMILES string of the molecule is O=C(O)c1cn[nH]c1S(=O)(=O)Nc1ccc(Cl)c(Br)c1. The van der Waals surface area contributed by atoms with Crippen LogP contribution in [0.2, 0.25) is 5.02 Å². The maximum atomic E-state index is 12.1. The Kier molecular flexibility index (Phi) is 4.02. The number of carbonyl (C=O) groups is 1. The van der Waals surface area contributed by atoms with Gasteiger partial charge in [0.25, 0.3) is 10.0 Å². The molecule has 0 aliphatic carbocycles. The molecule has 0 bridgehead atoms. The number of hydrogen-bond acceptors (Lipinski definition) is 4.